The summed E-state index contributed by atoms with van der Waals surface area (Å²) in [6, 6.07) is 4.15. The second-order valence-corrected chi connectivity index (χ2v) is 5.19. The Morgan fingerprint density at radius 2 is 2.15 bits per heavy atom. The maximum absolute atomic E-state index is 13.1. The maximum Gasteiger partial charge on any atom is 0.341 e. The molecule has 4 nitrogen and oxygen atoms in total. The molecule has 0 aliphatic rings. The fourth-order valence-corrected chi connectivity index (χ4v) is 2.13. The van der Waals surface area contributed by atoms with Crippen molar-refractivity contribution >= 4 is 5.97 Å². The van der Waals surface area contributed by atoms with E-state index in [2.05, 4.69) is 5.16 Å². The number of aromatic carboxylic acids is 1. The number of rotatable bonds is 4. The van der Waals surface area contributed by atoms with E-state index in [0.29, 0.717) is 23.3 Å². The minimum absolute atomic E-state index is 0.0633. The molecule has 1 aromatic heterocycles. The summed E-state index contributed by atoms with van der Waals surface area (Å²) in [5, 5.41) is 13.3. The number of carbonyl (C=O) groups is 1. The summed E-state index contributed by atoms with van der Waals surface area (Å²) < 4.78 is 18.3. The van der Waals surface area contributed by atoms with E-state index in [4.69, 9.17) is 4.52 Å². The third kappa shape index (κ3) is 2.71. The summed E-state index contributed by atoms with van der Waals surface area (Å²) >= 11 is 0. The molecule has 2 aromatic rings. The van der Waals surface area contributed by atoms with E-state index < -0.39 is 5.97 Å². The second kappa shape index (κ2) is 5.45. The minimum atomic E-state index is -1.08. The monoisotopic (exact) mass is 277 g/mol. The van der Waals surface area contributed by atoms with Gasteiger partial charge in [0.25, 0.3) is 0 Å². The summed E-state index contributed by atoms with van der Waals surface area (Å²) in [7, 11) is 0. The highest BCUT2D eigenvalue weighted by molar-refractivity contribution is 5.96. The molecule has 5 heteroatoms. The SMILES string of the molecule is Cc1cc(F)ccc1-c1noc(CC(C)C)c1C(=O)O. The van der Waals surface area contributed by atoms with Crippen molar-refractivity contribution in [1.29, 1.82) is 0 Å². The highest BCUT2D eigenvalue weighted by Crippen LogP contribution is 2.29. The molecule has 0 saturated carbocycles. The van der Waals surface area contributed by atoms with Gasteiger partial charge in [-0.3, -0.25) is 0 Å². The lowest BCUT2D eigenvalue weighted by molar-refractivity contribution is 0.0695. The molecule has 0 unspecified atom stereocenters. The Bertz CT molecular complexity index is 647. The van der Waals surface area contributed by atoms with Gasteiger partial charge in [0.1, 0.15) is 17.1 Å². The molecule has 0 atom stereocenters. The fraction of sp³-hybridized carbons (Fsp3) is 0.333. The van der Waals surface area contributed by atoms with Crippen LogP contribution in [0.1, 0.15) is 35.5 Å². The van der Waals surface area contributed by atoms with Gasteiger partial charge in [0.2, 0.25) is 0 Å². The molecule has 20 heavy (non-hydrogen) atoms. The van der Waals surface area contributed by atoms with Crippen molar-refractivity contribution in [3.8, 4) is 11.3 Å². The minimum Gasteiger partial charge on any atom is -0.477 e. The van der Waals surface area contributed by atoms with Gasteiger partial charge >= 0.3 is 5.97 Å². The van der Waals surface area contributed by atoms with Crippen molar-refractivity contribution in [2.75, 3.05) is 0 Å². The van der Waals surface area contributed by atoms with Gasteiger partial charge in [-0.05, 0) is 36.6 Å². The predicted octanol–water partition coefficient (Wildman–Crippen LogP) is 3.69. The van der Waals surface area contributed by atoms with Crippen LogP contribution in [-0.4, -0.2) is 16.2 Å². The van der Waals surface area contributed by atoms with Gasteiger partial charge in [-0.25, -0.2) is 9.18 Å². The molecule has 1 aromatic carbocycles. The van der Waals surface area contributed by atoms with Crippen LogP contribution in [0.25, 0.3) is 11.3 Å². The summed E-state index contributed by atoms with van der Waals surface area (Å²) in [6.45, 7) is 5.65. The molecule has 1 N–H and O–H groups in total. The predicted molar refractivity (Wildman–Crippen MR) is 72.1 cm³/mol. The maximum atomic E-state index is 13.1. The van der Waals surface area contributed by atoms with Crippen LogP contribution in [0.4, 0.5) is 4.39 Å². The van der Waals surface area contributed by atoms with Gasteiger partial charge in [0.15, 0.2) is 5.76 Å². The molecule has 0 aliphatic heterocycles. The molecular weight excluding hydrogens is 261 g/mol. The number of nitrogens with zero attached hydrogens (tertiary/aromatic N) is 1. The zero-order valence-electron chi connectivity index (χ0n) is 11.6. The van der Waals surface area contributed by atoms with Gasteiger partial charge in [-0.2, -0.15) is 0 Å². The van der Waals surface area contributed by atoms with Crippen molar-refractivity contribution in [2.24, 2.45) is 5.92 Å². The van der Waals surface area contributed by atoms with Crippen LogP contribution >= 0.6 is 0 Å². The Balaban J connectivity index is 2.56. The van der Waals surface area contributed by atoms with E-state index in [9.17, 15) is 14.3 Å². The van der Waals surface area contributed by atoms with E-state index in [1.807, 2.05) is 13.8 Å². The van der Waals surface area contributed by atoms with Gasteiger partial charge in [-0.15, -0.1) is 0 Å². The van der Waals surface area contributed by atoms with Crippen LogP contribution in [0.15, 0.2) is 22.7 Å². The van der Waals surface area contributed by atoms with Crippen LogP contribution < -0.4 is 0 Å². The average Bonchev–Trinajstić information content (AvgIpc) is 2.71. The van der Waals surface area contributed by atoms with E-state index in [-0.39, 0.29) is 23.0 Å². The van der Waals surface area contributed by atoms with E-state index in [1.165, 1.54) is 18.2 Å². The quantitative estimate of drug-likeness (QED) is 0.925. The molecular formula is C15H16FNO3. The van der Waals surface area contributed by atoms with Crippen molar-refractivity contribution < 1.29 is 18.8 Å². The van der Waals surface area contributed by atoms with Crippen LogP contribution in [0.3, 0.4) is 0 Å². The molecule has 106 valence electrons. The zero-order chi connectivity index (χ0) is 14.9. The molecule has 0 aliphatic carbocycles. The Morgan fingerprint density at radius 3 is 2.70 bits per heavy atom. The lowest BCUT2D eigenvalue weighted by atomic mass is 9.98. The number of carboxylic acids is 1. The van der Waals surface area contributed by atoms with Crippen molar-refractivity contribution in [3.05, 3.63) is 40.9 Å². The van der Waals surface area contributed by atoms with Gasteiger partial charge in [0.05, 0.1) is 0 Å². The van der Waals surface area contributed by atoms with Gasteiger partial charge in [0, 0.05) is 12.0 Å². The highest BCUT2D eigenvalue weighted by Gasteiger charge is 2.24. The molecule has 0 bridgehead atoms. The average molecular weight is 277 g/mol. The molecule has 2 rings (SSSR count). The molecule has 1 heterocycles. The molecule has 0 amide bonds. The summed E-state index contributed by atoms with van der Waals surface area (Å²) in [5.41, 5.74) is 1.51. The van der Waals surface area contributed by atoms with E-state index >= 15 is 0 Å². The fourth-order valence-electron chi connectivity index (χ4n) is 2.13. The molecule has 0 spiro atoms. The largest absolute Gasteiger partial charge is 0.477 e. The number of benzene rings is 1. The molecule has 0 radical (unpaired) electrons. The number of hydrogen-bond acceptors (Lipinski definition) is 3. The Labute approximate surface area is 116 Å². The van der Waals surface area contributed by atoms with Crippen LogP contribution in [0, 0.1) is 18.7 Å². The second-order valence-electron chi connectivity index (χ2n) is 5.19. The van der Waals surface area contributed by atoms with Crippen molar-refractivity contribution in [3.63, 3.8) is 0 Å². The first-order chi connectivity index (χ1) is 9.40. The Kier molecular flexibility index (Phi) is 3.88. The molecule has 0 saturated heterocycles. The van der Waals surface area contributed by atoms with Crippen molar-refractivity contribution in [2.45, 2.75) is 27.2 Å². The lowest BCUT2D eigenvalue weighted by Crippen LogP contribution is -2.04. The number of halogens is 1. The summed E-state index contributed by atoms with van der Waals surface area (Å²) in [6.07, 6.45) is 0.495. The molecule has 0 fully saturated rings. The Morgan fingerprint density at radius 1 is 1.45 bits per heavy atom. The summed E-state index contributed by atoms with van der Waals surface area (Å²) in [5.74, 6) is -0.843. The third-order valence-corrected chi connectivity index (χ3v) is 3.01. The first kappa shape index (κ1) is 14.2. The first-order valence-electron chi connectivity index (χ1n) is 6.38. The van der Waals surface area contributed by atoms with Gasteiger partial charge in [-0.1, -0.05) is 19.0 Å². The Hall–Kier alpha value is -2.17. The van der Waals surface area contributed by atoms with E-state index in [1.54, 1.807) is 6.92 Å². The number of hydrogen-bond donors (Lipinski definition) is 1. The smallest absolute Gasteiger partial charge is 0.341 e. The number of aryl methyl sites for hydroxylation is 1. The topological polar surface area (TPSA) is 63.3 Å². The van der Waals surface area contributed by atoms with Crippen LogP contribution in [-0.2, 0) is 6.42 Å². The summed E-state index contributed by atoms with van der Waals surface area (Å²) in [4.78, 5) is 11.5. The number of aromatic nitrogens is 1. The zero-order valence-corrected chi connectivity index (χ0v) is 11.6. The normalized spacial score (nSPS) is 11.1. The first-order valence-corrected chi connectivity index (χ1v) is 6.38. The lowest BCUT2D eigenvalue weighted by Gasteiger charge is -2.04. The third-order valence-electron chi connectivity index (χ3n) is 3.01. The van der Waals surface area contributed by atoms with E-state index in [0.717, 1.165) is 0 Å². The van der Waals surface area contributed by atoms with Crippen LogP contribution in [0.2, 0.25) is 0 Å². The number of carboxylic acid groups (broad SMARTS) is 1. The van der Waals surface area contributed by atoms with Crippen molar-refractivity contribution in [1.82, 2.24) is 5.16 Å². The standard InChI is InChI=1S/C15H16FNO3/c1-8(2)6-12-13(15(18)19)14(17-20-12)11-5-4-10(16)7-9(11)3/h4-5,7-8H,6H2,1-3H3,(H,18,19). The van der Waals surface area contributed by atoms with Crippen LogP contribution in [0.5, 0.6) is 0 Å². The van der Waals surface area contributed by atoms with Gasteiger partial charge < -0.3 is 9.63 Å². The highest BCUT2D eigenvalue weighted by atomic mass is 19.1.